The van der Waals surface area contributed by atoms with Crippen LogP contribution < -0.4 is 10.1 Å². The monoisotopic (exact) mass is 356 g/mol. The molecule has 0 radical (unpaired) electrons. The number of halogens is 1. The lowest BCUT2D eigenvalue weighted by atomic mass is 10.2. The molecule has 2 atom stereocenters. The highest BCUT2D eigenvalue weighted by Crippen LogP contribution is 2.15. The van der Waals surface area contributed by atoms with E-state index in [0.717, 1.165) is 0 Å². The Labute approximate surface area is 150 Å². The molecular weight excluding hydrogens is 339 g/mol. The van der Waals surface area contributed by atoms with Crippen LogP contribution >= 0.6 is 0 Å². The van der Waals surface area contributed by atoms with Gasteiger partial charge in [0.1, 0.15) is 11.6 Å². The van der Waals surface area contributed by atoms with E-state index >= 15 is 0 Å². The molecule has 6 nitrogen and oxygen atoms in total. The quantitative estimate of drug-likeness (QED) is 0.804. The summed E-state index contributed by atoms with van der Waals surface area (Å²) in [6.45, 7) is 2.91. The number of nitrogens with zero attached hydrogens (tertiary/aromatic N) is 1. The Morgan fingerprint density at radius 2 is 1.65 bits per heavy atom. The summed E-state index contributed by atoms with van der Waals surface area (Å²) < 4.78 is 23.4. The number of amides is 1. The van der Waals surface area contributed by atoms with E-state index in [-0.39, 0.29) is 0 Å². The second kappa shape index (κ2) is 8.62. The van der Waals surface area contributed by atoms with Gasteiger partial charge in [0.15, 0.2) is 12.2 Å². The summed E-state index contributed by atoms with van der Waals surface area (Å²) in [6, 6.07) is 13.4. The number of nitrogens with one attached hydrogen (secondary N) is 1. The van der Waals surface area contributed by atoms with Gasteiger partial charge in [-0.2, -0.15) is 5.26 Å². The van der Waals surface area contributed by atoms with Crippen molar-refractivity contribution in [3.05, 3.63) is 59.9 Å². The van der Waals surface area contributed by atoms with Crippen LogP contribution in [0.5, 0.6) is 5.75 Å². The van der Waals surface area contributed by atoms with Gasteiger partial charge in [-0.15, -0.1) is 0 Å². The number of esters is 1. The standard InChI is InChI=1S/C19H17FN2O4/c1-12(18(23)22-16-7-5-15(20)6-8-16)26-19(24)13(2)25-17-9-3-14(11-21)4-10-17/h3-10,12-13H,1-2H3,(H,22,23)/t12-,13-/m0/s1. The lowest BCUT2D eigenvalue weighted by molar-refractivity contribution is -0.159. The normalized spacial score (nSPS) is 12.4. The Kier molecular flexibility index (Phi) is 6.28. The first-order valence-electron chi connectivity index (χ1n) is 7.83. The summed E-state index contributed by atoms with van der Waals surface area (Å²) in [7, 11) is 0. The maximum absolute atomic E-state index is 12.9. The number of ether oxygens (including phenoxy) is 2. The van der Waals surface area contributed by atoms with Crippen molar-refractivity contribution in [2.24, 2.45) is 0 Å². The van der Waals surface area contributed by atoms with Crippen LogP contribution in [0.15, 0.2) is 48.5 Å². The molecule has 26 heavy (non-hydrogen) atoms. The maximum Gasteiger partial charge on any atom is 0.347 e. The fourth-order valence-corrected chi connectivity index (χ4v) is 1.96. The minimum absolute atomic E-state index is 0.390. The molecule has 0 fully saturated rings. The Balaban J connectivity index is 1.87. The Morgan fingerprint density at radius 1 is 1.04 bits per heavy atom. The maximum atomic E-state index is 12.9. The van der Waals surface area contributed by atoms with Gasteiger partial charge in [-0.25, -0.2) is 9.18 Å². The van der Waals surface area contributed by atoms with Crippen molar-refractivity contribution in [1.82, 2.24) is 0 Å². The fraction of sp³-hybridized carbons (Fsp3) is 0.211. The minimum atomic E-state index is -1.06. The molecule has 1 amide bonds. The van der Waals surface area contributed by atoms with Gasteiger partial charge in [0.2, 0.25) is 0 Å². The van der Waals surface area contributed by atoms with Crippen LogP contribution in [0.4, 0.5) is 10.1 Å². The van der Waals surface area contributed by atoms with E-state index in [0.29, 0.717) is 17.0 Å². The molecule has 0 bridgehead atoms. The third-order valence-electron chi connectivity index (χ3n) is 3.40. The van der Waals surface area contributed by atoms with Crippen molar-refractivity contribution >= 4 is 17.6 Å². The molecule has 2 rings (SSSR count). The SMILES string of the molecule is C[C@H](OC(=O)[C@H](C)Oc1ccc(C#N)cc1)C(=O)Nc1ccc(F)cc1. The zero-order valence-corrected chi connectivity index (χ0v) is 14.2. The molecule has 0 saturated heterocycles. The Bertz CT molecular complexity index is 813. The van der Waals surface area contributed by atoms with Gasteiger partial charge in [-0.3, -0.25) is 4.79 Å². The zero-order chi connectivity index (χ0) is 19.1. The van der Waals surface area contributed by atoms with E-state index in [1.54, 1.807) is 24.3 Å². The smallest absolute Gasteiger partial charge is 0.347 e. The molecule has 0 unspecified atom stereocenters. The summed E-state index contributed by atoms with van der Waals surface area (Å²) in [6.07, 6.45) is -2.00. The van der Waals surface area contributed by atoms with Crippen molar-refractivity contribution in [1.29, 1.82) is 5.26 Å². The first-order chi connectivity index (χ1) is 12.4. The number of carbonyl (C=O) groups is 2. The van der Waals surface area contributed by atoms with Gasteiger partial charge < -0.3 is 14.8 Å². The highest BCUT2D eigenvalue weighted by atomic mass is 19.1. The van der Waals surface area contributed by atoms with E-state index in [1.807, 2.05) is 6.07 Å². The van der Waals surface area contributed by atoms with E-state index in [2.05, 4.69) is 5.32 Å². The second-order valence-corrected chi connectivity index (χ2v) is 5.47. The van der Waals surface area contributed by atoms with E-state index in [9.17, 15) is 14.0 Å². The molecule has 0 saturated carbocycles. The number of anilines is 1. The van der Waals surface area contributed by atoms with Crippen molar-refractivity contribution in [3.8, 4) is 11.8 Å². The zero-order valence-electron chi connectivity index (χ0n) is 14.2. The summed E-state index contributed by atoms with van der Waals surface area (Å²) >= 11 is 0. The van der Waals surface area contributed by atoms with E-state index in [4.69, 9.17) is 14.7 Å². The third-order valence-corrected chi connectivity index (χ3v) is 3.40. The molecule has 0 heterocycles. The highest BCUT2D eigenvalue weighted by molar-refractivity contribution is 5.95. The number of nitriles is 1. The van der Waals surface area contributed by atoms with Crippen LogP contribution in [0.1, 0.15) is 19.4 Å². The molecular formula is C19H17FN2O4. The van der Waals surface area contributed by atoms with Crippen molar-refractivity contribution < 1.29 is 23.5 Å². The Hall–Kier alpha value is -3.40. The molecule has 2 aromatic carbocycles. The van der Waals surface area contributed by atoms with Crippen molar-refractivity contribution in [3.63, 3.8) is 0 Å². The molecule has 7 heteroatoms. The van der Waals surface area contributed by atoms with Gasteiger partial charge in [-0.1, -0.05) is 0 Å². The highest BCUT2D eigenvalue weighted by Gasteiger charge is 2.23. The molecule has 2 aromatic rings. The fourth-order valence-electron chi connectivity index (χ4n) is 1.96. The molecule has 1 N–H and O–H groups in total. The minimum Gasteiger partial charge on any atom is -0.479 e. The first-order valence-corrected chi connectivity index (χ1v) is 7.83. The predicted molar refractivity (Wildman–Crippen MR) is 91.8 cm³/mol. The number of hydrogen-bond acceptors (Lipinski definition) is 5. The topological polar surface area (TPSA) is 88.4 Å². The third kappa shape index (κ3) is 5.31. The lowest BCUT2D eigenvalue weighted by Crippen LogP contribution is -2.35. The molecule has 0 aliphatic carbocycles. The number of hydrogen-bond donors (Lipinski definition) is 1. The first kappa shape index (κ1) is 18.9. The van der Waals surface area contributed by atoms with Crippen LogP contribution in [0, 0.1) is 17.1 Å². The average Bonchev–Trinajstić information content (AvgIpc) is 2.64. The van der Waals surface area contributed by atoms with Crippen LogP contribution in [0.3, 0.4) is 0 Å². The van der Waals surface area contributed by atoms with E-state index < -0.39 is 29.9 Å². The summed E-state index contributed by atoms with van der Waals surface area (Å²) in [5.74, 6) is -1.28. The number of benzene rings is 2. The van der Waals surface area contributed by atoms with Crippen LogP contribution in [-0.2, 0) is 14.3 Å². The second-order valence-electron chi connectivity index (χ2n) is 5.47. The van der Waals surface area contributed by atoms with Gasteiger partial charge in [-0.05, 0) is 62.4 Å². The summed E-state index contributed by atoms with van der Waals surface area (Å²) in [4.78, 5) is 24.1. The molecule has 0 aromatic heterocycles. The predicted octanol–water partition coefficient (Wildman–Crippen LogP) is 3.04. The van der Waals surface area contributed by atoms with E-state index in [1.165, 1.54) is 38.1 Å². The van der Waals surface area contributed by atoms with Gasteiger partial charge >= 0.3 is 5.97 Å². The number of rotatable bonds is 6. The summed E-state index contributed by atoms with van der Waals surface area (Å²) in [5.41, 5.74) is 0.861. The van der Waals surface area contributed by atoms with Gasteiger partial charge in [0.05, 0.1) is 11.6 Å². The lowest BCUT2D eigenvalue weighted by Gasteiger charge is -2.17. The molecule has 134 valence electrons. The van der Waals surface area contributed by atoms with Crippen LogP contribution in [0.2, 0.25) is 0 Å². The van der Waals surface area contributed by atoms with Crippen LogP contribution in [0.25, 0.3) is 0 Å². The van der Waals surface area contributed by atoms with Gasteiger partial charge in [0.25, 0.3) is 5.91 Å². The molecule has 0 spiro atoms. The molecule has 0 aliphatic heterocycles. The summed E-state index contributed by atoms with van der Waals surface area (Å²) in [5, 5.41) is 11.3. The average molecular weight is 356 g/mol. The number of carbonyl (C=O) groups excluding carboxylic acids is 2. The van der Waals surface area contributed by atoms with Crippen LogP contribution in [-0.4, -0.2) is 24.1 Å². The molecule has 0 aliphatic rings. The van der Waals surface area contributed by atoms with Crippen molar-refractivity contribution in [2.75, 3.05) is 5.32 Å². The Morgan fingerprint density at radius 3 is 2.23 bits per heavy atom. The van der Waals surface area contributed by atoms with Crippen molar-refractivity contribution in [2.45, 2.75) is 26.1 Å². The van der Waals surface area contributed by atoms with Gasteiger partial charge in [0, 0.05) is 5.69 Å². The largest absolute Gasteiger partial charge is 0.479 e.